The van der Waals surface area contributed by atoms with Crippen LogP contribution in [0.15, 0.2) is 42.5 Å². The Bertz CT molecular complexity index is 1110. The van der Waals surface area contributed by atoms with Gasteiger partial charge in [0.1, 0.15) is 11.5 Å². The normalized spacial score (nSPS) is 23.9. The zero-order valence-corrected chi connectivity index (χ0v) is 19.9. The van der Waals surface area contributed by atoms with E-state index in [9.17, 15) is 15.0 Å². The Balaban J connectivity index is 1.42. The molecule has 2 unspecified atom stereocenters. The van der Waals surface area contributed by atoms with Crippen molar-refractivity contribution < 1.29 is 29.6 Å². The fraction of sp³-hybridized carbons (Fsp3) is 0.464. The van der Waals surface area contributed by atoms with E-state index in [0.717, 1.165) is 44.3 Å². The highest BCUT2D eigenvalue weighted by Crippen LogP contribution is 2.48. The number of aliphatic carboxylic acids is 1. The minimum atomic E-state index is -0.819. The van der Waals surface area contributed by atoms with Gasteiger partial charge in [0.2, 0.25) is 0 Å². The first-order chi connectivity index (χ1) is 17.0. The van der Waals surface area contributed by atoms with Crippen molar-refractivity contribution in [3.63, 3.8) is 0 Å². The van der Waals surface area contributed by atoms with E-state index in [4.69, 9.17) is 14.6 Å². The van der Waals surface area contributed by atoms with Gasteiger partial charge >= 0.3 is 5.97 Å². The van der Waals surface area contributed by atoms with Gasteiger partial charge in [-0.2, -0.15) is 0 Å². The second-order valence-electron chi connectivity index (χ2n) is 9.68. The second kappa shape index (κ2) is 10.3. The third kappa shape index (κ3) is 4.88. The highest BCUT2D eigenvalue weighted by Gasteiger charge is 2.37. The number of benzene rings is 2. The molecule has 3 aliphatic rings. The molecule has 0 bridgehead atoms. The van der Waals surface area contributed by atoms with Crippen molar-refractivity contribution in [2.75, 3.05) is 24.6 Å². The van der Waals surface area contributed by atoms with Crippen molar-refractivity contribution in [1.29, 1.82) is 0 Å². The summed E-state index contributed by atoms with van der Waals surface area (Å²) in [7, 11) is 0. The van der Waals surface area contributed by atoms with Crippen LogP contribution in [-0.2, 0) is 27.1 Å². The summed E-state index contributed by atoms with van der Waals surface area (Å²) in [6.45, 7) is 2.46. The van der Waals surface area contributed by atoms with Crippen molar-refractivity contribution >= 4 is 11.7 Å². The van der Waals surface area contributed by atoms with Crippen molar-refractivity contribution in [2.45, 2.75) is 57.3 Å². The number of ether oxygens (including phenoxy) is 2. The number of phenols is 2. The molecule has 0 radical (unpaired) electrons. The number of para-hydroxylation sites is 1. The first-order valence-electron chi connectivity index (χ1n) is 12.6. The lowest BCUT2D eigenvalue weighted by Gasteiger charge is -2.40. The molecule has 7 heteroatoms. The van der Waals surface area contributed by atoms with Gasteiger partial charge in [0.15, 0.2) is 6.29 Å². The van der Waals surface area contributed by atoms with Crippen molar-refractivity contribution in [3.05, 3.63) is 64.7 Å². The van der Waals surface area contributed by atoms with Crippen LogP contribution in [0.3, 0.4) is 0 Å². The maximum atomic E-state index is 11.3. The van der Waals surface area contributed by atoms with Gasteiger partial charge < -0.3 is 29.7 Å². The minimum Gasteiger partial charge on any atom is -0.508 e. The van der Waals surface area contributed by atoms with Crippen molar-refractivity contribution in [1.82, 2.24) is 0 Å². The topological polar surface area (TPSA) is 99.5 Å². The van der Waals surface area contributed by atoms with Crippen LogP contribution >= 0.6 is 0 Å². The number of carbonyl (C=O) groups is 1. The lowest BCUT2D eigenvalue weighted by molar-refractivity contribution is -0.244. The van der Waals surface area contributed by atoms with Gasteiger partial charge in [-0.3, -0.25) is 4.79 Å². The number of rotatable bonds is 7. The highest BCUT2D eigenvalue weighted by molar-refractivity contribution is 5.69. The maximum absolute atomic E-state index is 11.3. The van der Waals surface area contributed by atoms with Gasteiger partial charge in [0, 0.05) is 42.2 Å². The molecule has 3 atom stereocenters. The average molecular weight is 480 g/mol. The van der Waals surface area contributed by atoms with Gasteiger partial charge in [0.05, 0.1) is 18.3 Å². The van der Waals surface area contributed by atoms with Crippen LogP contribution in [0.25, 0.3) is 0 Å². The molecule has 0 aliphatic carbocycles. The zero-order valence-electron chi connectivity index (χ0n) is 19.9. The van der Waals surface area contributed by atoms with Crippen molar-refractivity contribution in [3.8, 4) is 11.5 Å². The smallest absolute Gasteiger partial charge is 0.303 e. The Morgan fingerprint density at radius 1 is 1.09 bits per heavy atom. The summed E-state index contributed by atoms with van der Waals surface area (Å²) in [6, 6.07) is 9.21. The molecule has 35 heavy (non-hydrogen) atoms. The first-order valence-corrected chi connectivity index (χ1v) is 12.6. The van der Waals surface area contributed by atoms with Crippen LogP contribution in [0.4, 0.5) is 5.69 Å². The molecule has 0 saturated carbocycles. The van der Waals surface area contributed by atoms with Gasteiger partial charge in [-0.25, -0.2) is 0 Å². The van der Waals surface area contributed by atoms with Crippen LogP contribution < -0.4 is 4.90 Å². The van der Waals surface area contributed by atoms with E-state index in [-0.39, 0.29) is 23.8 Å². The molecule has 186 valence electrons. The van der Waals surface area contributed by atoms with Gasteiger partial charge in [0.25, 0.3) is 0 Å². The number of phenolic OH excluding ortho intramolecular Hbond substituents is 2. The quantitative estimate of drug-likeness (QED) is 0.480. The van der Waals surface area contributed by atoms with Gasteiger partial charge in [-0.15, -0.1) is 0 Å². The molecule has 7 nitrogen and oxygen atoms in total. The molecular weight excluding hydrogens is 446 g/mol. The Hall–Kier alpha value is -3.03. The Morgan fingerprint density at radius 2 is 1.89 bits per heavy atom. The number of carboxylic acids is 1. The Labute approximate surface area is 205 Å². The number of allylic oxidation sites excluding steroid dienone is 2. The van der Waals surface area contributed by atoms with E-state index in [0.29, 0.717) is 30.6 Å². The van der Waals surface area contributed by atoms with E-state index in [1.54, 1.807) is 12.1 Å². The molecule has 3 N–H and O–H groups in total. The van der Waals surface area contributed by atoms with E-state index in [1.807, 2.05) is 30.4 Å². The molecular formula is C28H33NO6. The Kier molecular flexibility index (Phi) is 6.97. The molecule has 5 rings (SSSR count). The number of aryl methyl sites for hydroxylation is 1. The largest absolute Gasteiger partial charge is 0.508 e. The molecule has 1 saturated heterocycles. The molecule has 0 amide bonds. The van der Waals surface area contributed by atoms with Crippen LogP contribution in [-0.4, -0.2) is 41.0 Å². The molecule has 0 spiro atoms. The predicted molar refractivity (Wildman–Crippen MR) is 132 cm³/mol. The third-order valence-corrected chi connectivity index (χ3v) is 7.31. The molecule has 2 aromatic rings. The summed E-state index contributed by atoms with van der Waals surface area (Å²) in [5.74, 6) is -0.447. The zero-order chi connectivity index (χ0) is 24.4. The number of hydrogen-bond donors (Lipinski definition) is 3. The summed E-state index contributed by atoms with van der Waals surface area (Å²) < 4.78 is 12.7. The minimum absolute atomic E-state index is 0.0609. The van der Waals surface area contributed by atoms with Crippen LogP contribution in [0.5, 0.6) is 11.5 Å². The Morgan fingerprint density at radius 3 is 2.69 bits per heavy atom. The summed E-state index contributed by atoms with van der Waals surface area (Å²) in [5, 5.41) is 30.7. The number of aromatic hydroxyl groups is 2. The van der Waals surface area contributed by atoms with E-state index in [1.165, 1.54) is 11.3 Å². The van der Waals surface area contributed by atoms with E-state index in [2.05, 4.69) is 4.90 Å². The second-order valence-corrected chi connectivity index (χ2v) is 9.68. The average Bonchev–Trinajstić information content (AvgIpc) is 2.86. The molecule has 3 aliphatic heterocycles. The summed E-state index contributed by atoms with van der Waals surface area (Å²) in [4.78, 5) is 13.2. The summed E-state index contributed by atoms with van der Waals surface area (Å²) in [6.07, 6.45) is 7.80. The number of anilines is 1. The fourth-order valence-electron chi connectivity index (χ4n) is 5.64. The molecule has 1 fully saturated rings. The van der Waals surface area contributed by atoms with E-state index >= 15 is 0 Å². The first kappa shape index (κ1) is 23.7. The molecule has 3 heterocycles. The monoisotopic (exact) mass is 479 g/mol. The van der Waals surface area contributed by atoms with Crippen molar-refractivity contribution in [2.24, 2.45) is 5.92 Å². The number of nitrogens with zero attached hydrogens (tertiary/aromatic N) is 1. The van der Waals surface area contributed by atoms with Crippen LogP contribution in [0.2, 0.25) is 0 Å². The molecule has 0 aromatic heterocycles. The predicted octanol–water partition coefficient (Wildman–Crippen LogP) is 5.01. The van der Waals surface area contributed by atoms with Crippen LogP contribution in [0.1, 0.15) is 66.8 Å². The SMILES string of the molecule is O=C(O)CC/C=C\CC1COC(c2cc3c4c(c2O)CCCN4CCC3)O[C@@H]1c1ccccc1O. The fourth-order valence-corrected chi connectivity index (χ4v) is 5.64. The van der Waals surface area contributed by atoms with Gasteiger partial charge in [-0.1, -0.05) is 30.4 Å². The van der Waals surface area contributed by atoms with Gasteiger partial charge in [-0.05, 0) is 56.2 Å². The summed E-state index contributed by atoms with van der Waals surface area (Å²) in [5.41, 5.74) is 4.79. The highest BCUT2D eigenvalue weighted by atomic mass is 16.7. The number of carboxylic acid groups (broad SMARTS) is 1. The molecule has 2 aromatic carbocycles. The van der Waals surface area contributed by atoms with Crippen LogP contribution in [0, 0.1) is 5.92 Å². The third-order valence-electron chi connectivity index (χ3n) is 7.31. The lowest BCUT2D eigenvalue weighted by atomic mass is 9.88. The summed E-state index contributed by atoms with van der Waals surface area (Å²) >= 11 is 0. The standard InChI is InChI=1S/C28H33NO6/c30-23-12-5-4-10-20(23)27-19(8-2-1-3-13-24(31)32)17-34-28(35-27)22-16-18-9-6-14-29-15-7-11-21(25(18)29)26(22)33/h1-2,4-5,10,12,16,19,27-28,30,33H,3,6-9,11,13-15,17H2,(H,31,32)/b2-1-/t19?,27-,28?/m0/s1. The number of hydrogen-bond acceptors (Lipinski definition) is 6. The maximum Gasteiger partial charge on any atom is 0.303 e. The van der Waals surface area contributed by atoms with E-state index < -0.39 is 18.4 Å². The lowest BCUT2D eigenvalue weighted by Crippen LogP contribution is -2.35.